The molecule has 0 aromatic heterocycles. The smallest absolute Gasteiger partial charge is 0.550 e. The third-order valence-electron chi connectivity index (χ3n) is 3.70. The summed E-state index contributed by atoms with van der Waals surface area (Å²) in [6.07, 6.45) is -2.19. The Hall–Kier alpha value is -1.94. The first kappa shape index (κ1) is 27.1. The van der Waals surface area contributed by atoms with Gasteiger partial charge in [0.2, 0.25) is 5.54 Å². The van der Waals surface area contributed by atoms with E-state index < -0.39 is 47.4 Å². The number of rotatable bonds is 8. The third kappa shape index (κ3) is 8.14. The van der Waals surface area contributed by atoms with E-state index in [-0.39, 0.29) is 36.0 Å². The average Bonchev–Trinajstić information content (AvgIpc) is 2.58. The van der Waals surface area contributed by atoms with Gasteiger partial charge in [-0.2, -0.15) is 0 Å². The summed E-state index contributed by atoms with van der Waals surface area (Å²) in [6, 6.07) is 6.74. The molecule has 0 saturated carbocycles. The van der Waals surface area contributed by atoms with Crippen molar-refractivity contribution in [3.05, 3.63) is 35.9 Å². The molecule has 0 radical (unpaired) electrons. The molecule has 3 N–H and O–H groups in total. The molecule has 1 aromatic rings. The standard InChI is InChI=1S/C19H26N2O7.Na/c1-18(2,3)28-17(26)21-19(16(25)27-4,11-12-8-6-5-7-9-12)15(24)13(20)10-14(22)23;/h5-9,13H,10-11,20H2,1-4H3,(H,21,26)(H,22,23);/q;+1/p-1/t13-,19+;/m0./s1. The summed E-state index contributed by atoms with van der Waals surface area (Å²) in [4.78, 5) is 48.9. The molecule has 29 heavy (non-hydrogen) atoms. The van der Waals surface area contributed by atoms with E-state index in [0.717, 1.165) is 7.11 Å². The van der Waals surface area contributed by atoms with Gasteiger partial charge in [0, 0.05) is 18.8 Å². The molecule has 2 atom stereocenters. The summed E-state index contributed by atoms with van der Waals surface area (Å²) in [5.74, 6) is -3.70. The van der Waals surface area contributed by atoms with Crippen LogP contribution < -0.4 is 45.7 Å². The quantitative estimate of drug-likeness (QED) is 0.254. The molecule has 0 spiro atoms. The number of ether oxygens (including phenoxy) is 2. The number of carbonyl (C=O) groups excluding carboxylic acids is 4. The van der Waals surface area contributed by atoms with Gasteiger partial charge in [0.05, 0.1) is 13.2 Å². The van der Waals surface area contributed by atoms with Gasteiger partial charge in [-0.1, -0.05) is 30.3 Å². The number of ketones is 1. The van der Waals surface area contributed by atoms with Crippen LogP contribution in [0.5, 0.6) is 0 Å². The Morgan fingerprint density at radius 3 is 2.14 bits per heavy atom. The second kappa shape index (κ2) is 11.3. The summed E-state index contributed by atoms with van der Waals surface area (Å²) in [6.45, 7) is 4.81. The second-order valence-electron chi connectivity index (χ2n) is 7.23. The zero-order valence-corrected chi connectivity index (χ0v) is 19.3. The Balaban J connectivity index is 0.00000784. The number of nitrogens with two attached hydrogens (primary N) is 1. The van der Waals surface area contributed by atoms with Crippen molar-refractivity contribution in [3.8, 4) is 0 Å². The van der Waals surface area contributed by atoms with Gasteiger partial charge in [0.1, 0.15) is 5.60 Å². The van der Waals surface area contributed by atoms with Crippen molar-refractivity contribution < 1.29 is 63.3 Å². The number of esters is 1. The first-order valence-corrected chi connectivity index (χ1v) is 8.54. The number of nitrogens with one attached hydrogen (secondary N) is 1. The van der Waals surface area contributed by atoms with Crippen molar-refractivity contribution in [2.24, 2.45) is 5.73 Å². The van der Waals surface area contributed by atoms with E-state index in [1.807, 2.05) is 0 Å². The summed E-state index contributed by atoms with van der Waals surface area (Å²) < 4.78 is 9.90. The van der Waals surface area contributed by atoms with Crippen LogP contribution in [0.4, 0.5) is 4.79 Å². The molecule has 1 amide bonds. The van der Waals surface area contributed by atoms with Crippen LogP contribution in [0.1, 0.15) is 32.8 Å². The molecule has 1 aromatic carbocycles. The summed E-state index contributed by atoms with van der Waals surface area (Å²) >= 11 is 0. The molecule has 0 aliphatic rings. The first-order valence-electron chi connectivity index (χ1n) is 8.54. The van der Waals surface area contributed by atoms with Crippen molar-refractivity contribution in [3.63, 3.8) is 0 Å². The number of aliphatic carboxylic acids is 1. The molecule has 0 unspecified atom stereocenters. The number of benzene rings is 1. The van der Waals surface area contributed by atoms with Crippen molar-refractivity contribution in [1.82, 2.24) is 5.32 Å². The number of alkyl carbamates (subject to hydrolysis) is 1. The van der Waals surface area contributed by atoms with Gasteiger partial charge in [-0.15, -0.1) is 0 Å². The van der Waals surface area contributed by atoms with E-state index in [1.54, 1.807) is 51.1 Å². The molecule has 10 heteroatoms. The molecule has 9 nitrogen and oxygen atoms in total. The number of hydrogen-bond donors (Lipinski definition) is 2. The maximum absolute atomic E-state index is 13.0. The number of amides is 1. The van der Waals surface area contributed by atoms with Crippen molar-refractivity contribution in [2.75, 3.05) is 7.11 Å². The summed E-state index contributed by atoms with van der Waals surface area (Å²) in [7, 11) is 1.04. The SMILES string of the molecule is COC(=O)[C@](Cc1ccccc1)(NC(=O)OC(C)(C)C)C(=O)[C@@H](N)CC(=O)[O-].[Na+]. The monoisotopic (exact) mass is 416 g/mol. The average molecular weight is 416 g/mol. The van der Waals surface area contributed by atoms with Gasteiger partial charge in [-0.25, -0.2) is 9.59 Å². The molecule has 0 saturated heterocycles. The van der Waals surface area contributed by atoms with Gasteiger partial charge in [-0.05, 0) is 26.3 Å². The number of carbonyl (C=O) groups is 4. The molecule has 0 aliphatic heterocycles. The second-order valence-corrected chi connectivity index (χ2v) is 7.23. The van der Waals surface area contributed by atoms with Gasteiger partial charge in [-0.3, -0.25) is 10.1 Å². The Bertz CT molecular complexity index is 734. The van der Waals surface area contributed by atoms with Gasteiger partial charge >= 0.3 is 41.6 Å². The predicted molar refractivity (Wildman–Crippen MR) is 96.9 cm³/mol. The van der Waals surface area contributed by atoms with Crippen LogP contribution in [-0.4, -0.2) is 48.1 Å². The maximum atomic E-state index is 13.0. The molecule has 0 fully saturated rings. The van der Waals surface area contributed by atoms with E-state index in [4.69, 9.17) is 15.2 Å². The molecule has 1 rings (SSSR count). The van der Waals surface area contributed by atoms with Crippen LogP contribution in [-0.2, 0) is 30.3 Å². The third-order valence-corrected chi connectivity index (χ3v) is 3.70. The zero-order valence-electron chi connectivity index (χ0n) is 17.3. The number of methoxy groups -OCH3 is 1. The number of hydrogen-bond acceptors (Lipinski definition) is 8. The van der Waals surface area contributed by atoms with E-state index >= 15 is 0 Å². The van der Waals surface area contributed by atoms with Crippen LogP contribution in [0.15, 0.2) is 30.3 Å². The Kier molecular flexibility index (Phi) is 10.5. The van der Waals surface area contributed by atoms with Gasteiger partial charge in [0.25, 0.3) is 0 Å². The van der Waals surface area contributed by atoms with Crippen LogP contribution >= 0.6 is 0 Å². The zero-order chi connectivity index (χ0) is 21.5. The van der Waals surface area contributed by atoms with Crippen LogP contribution in [0.2, 0.25) is 0 Å². The fourth-order valence-corrected chi connectivity index (χ4v) is 2.56. The van der Waals surface area contributed by atoms with E-state index in [2.05, 4.69) is 5.32 Å². The molecular weight excluding hydrogens is 391 g/mol. The normalized spacial score (nSPS) is 13.8. The molecule has 0 aliphatic carbocycles. The van der Waals surface area contributed by atoms with Gasteiger partial charge < -0.3 is 25.1 Å². The molecular formula is C19H25N2NaO7. The predicted octanol–water partition coefficient (Wildman–Crippen LogP) is -3.29. The fraction of sp³-hybridized carbons (Fsp3) is 0.474. The van der Waals surface area contributed by atoms with Crippen LogP contribution in [0, 0.1) is 0 Å². The molecule has 0 heterocycles. The van der Waals surface area contributed by atoms with E-state index in [0.29, 0.717) is 5.56 Å². The van der Waals surface area contributed by atoms with Crippen molar-refractivity contribution in [2.45, 2.75) is 50.8 Å². The summed E-state index contributed by atoms with van der Waals surface area (Å²) in [5.41, 5.74) is 3.02. The Labute approximate surface area is 191 Å². The maximum Gasteiger partial charge on any atom is 1.00 e. The fourth-order valence-electron chi connectivity index (χ4n) is 2.56. The van der Waals surface area contributed by atoms with Crippen LogP contribution in [0.3, 0.4) is 0 Å². The van der Waals surface area contributed by atoms with Gasteiger partial charge in [0.15, 0.2) is 5.78 Å². The first-order chi connectivity index (χ1) is 12.9. The number of Topliss-reactive ketones (excluding diaryl/α,β-unsaturated/α-hetero) is 1. The van der Waals surface area contributed by atoms with Crippen molar-refractivity contribution >= 4 is 23.8 Å². The number of carboxylic acids is 1. The Morgan fingerprint density at radius 1 is 1.14 bits per heavy atom. The largest absolute Gasteiger partial charge is 1.00 e. The molecule has 0 bridgehead atoms. The Morgan fingerprint density at radius 2 is 1.69 bits per heavy atom. The summed E-state index contributed by atoms with van der Waals surface area (Å²) in [5, 5.41) is 13.1. The van der Waals surface area contributed by atoms with Crippen molar-refractivity contribution in [1.29, 1.82) is 0 Å². The van der Waals surface area contributed by atoms with E-state index in [9.17, 15) is 24.3 Å². The minimum atomic E-state index is -2.27. The number of carboxylic acid groups (broad SMARTS) is 1. The minimum absolute atomic E-state index is 0. The topological polar surface area (TPSA) is 148 Å². The molecule has 154 valence electrons. The van der Waals surface area contributed by atoms with Crippen LogP contribution in [0.25, 0.3) is 0 Å². The van der Waals surface area contributed by atoms with E-state index in [1.165, 1.54) is 0 Å². The minimum Gasteiger partial charge on any atom is -0.550 e.